The lowest BCUT2D eigenvalue weighted by Gasteiger charge is -2.30. The van der Waals surface area contributed by atoms with Crippen molar-refractivity contribution >= 4 is 0 Å². The predicted molar refractivity (Wildman–Crippen MR) is 51.2 cm³/mol. The van der Waals surface area contributed by atoms with Gasteiger partial charge in [-0.1, -0.05) is 0 Å². The van der Waals surface area contributed by atoms with E-state index in [2.05, 4.69) is 24.3 Å². The average Bonchev–Trinajstić information content (AvgIpc) is 2.72. The van der Waals surface area contributed by atoms with E-state index in [0.29, 0.717) is 0 Å². The van der Waals surface area contributed by atoms with Gasteiger partial charge in [-0.25, -0.2) is 0 Å². The highest BCUT2D eigenvalue weighted by molar-refractivity contribution is 5.04. The quantitative estimate of drug-likeness (QED) is 0.660. The van der Waals surface area contributed by atoms with Crippen LogP contribution in [-0.2, 0) is 0 Å². The monoisotopic (exact) mass is 168 g/mol. The molecule has 0 aromatic rings. The summed E-state index contributed by atoms with van der Waals surface area (Å²) in [6.07, 6.45) is 4.37. The zero-order chi connectivity index (χ0) is 8.60. The van der Waals surface area contributed by atoms with Crippen LogP contribution in [0.25, 0.3) is 0 Å². The van der Waals surface area contributed by atoms with Crippen LogP contribution in [0.4, 0.5) is 0 Å². The molecule has 0 bridgehead atoms. The first-order chi connectivity index (χ1) is 5.77. The second-order valence-corrected chi connectivity index (χ2v) is 4.62. The van der Waals surface area contributed by atoms with Gasteiger partial charge in [0.2, 0.25) is 0 Å². The zero-order valence-electron chi connectivity index (χ0n) is 8.27. The van der Waals surface area contributed by atoms with Crippen LogP contribution in [0, 0.1) is 11.3 Å². The van der Waals surface area contributed by atoms with Crippen LogP contribution < -0.4 is 5.32 Å². The minimum Gasteiger partial charge on any atom is -0.319 e. The summed E-state index contributed by atoms with van der Waals surface area (Å²) < 4.78 is 0. The van der Waals surface area contributed by atoms with E-state index in [1.54, 1.807) is 0 Å². The Hall–Kier alpha value is -0.0800. The first-order valence-corrected chi connectivity index (χ1v) is 5.10. The van der Waals surface area contributed by atoms with Gasteiger partial charge < -0.3 is 10.2 Å². The van der Waals surface area contributed by atoms with E-state index in [1.807, 2.05) is 0 Å². The fourth-order valence-corrected chi connectivity index (χ4v) is 2.64. The molecular formula is C10H20N2. The second-order valence-electron chi connectivity index (χ2n) is 4.62. The average molecular weight is 168 g/mol. The Labute approximate surface area is 75.3 Å². The molecule has 1 saturated carbocycles. The Morgan fingerprint density at radius 1 is 1.42 bits per heavy atom. The third-order valence-electron chi connectivity index (χ3n) is 3.79. The van der Waals surface area contributed by atoms with Crippen molar-refractivity contribution in [1.29, 1.82) is 0 Å². The van der Waals surface area contributed by atoms with Crippen molar-refractivity contribution < 1.29 is 0 Å². The van der Waals surface area contributed by atoms with Gasteiger partial charge in [0.15, 0.2) is 0 Å². The van der Waals surface area contributed by atoms with Crippen LogP contribution in [0.1, 0.15) is 19.3 Å². The van der Waals surface area contributed by atoms with Crippen LogP contribution in [0.3, 0.4) is 0 Å². The lowest BCUT2D eigenvalue weighted by molar-refractivity contribution is 0.192. The number of nitrogens with one attached hydrogen (secondary N) is 1. The molecule has 1 atom stereocenters. The molecule has 2 nitrogen and oxygen atoms in total. The first-order valence-electron chi connectivity index (χ1n) is 5.10. The lowest BCUT2D eigenvalue weighted by Crippen LogP contribution is -2.32. The molecule has 0 aromatic carbocycles. The maximum Gasteiger partial charge on any atom is -0.00164 e. The smallest absolute Gasteiger partial charge is 0.00164 e. The zero-order valence-corrected chi connectivity index (χ0v) is 8.27. The van der Waals surface area contributed by atoms with Crippen molar-refractivity contribution in [1.82, 2.24) is 10.2 Å². The van der Waals surface area contributed by atoms with Gasteiger partial charge in [0.1, 0.15) is 0 Å². The molecule has 2 aliphatic rings. The van der Waals surface area contributed by atoms with Gasteiger partial charge in [0.05, 0.1) is 0 Å². The SMILES string of the molecule is CNCC1CC12CCN(C)CC2. The topological polar surface area (TPSA) is 15.3 Å². The molecule has 0 amide bonds. The Morgan fingerprint density at radius 3 is 2.67 bits per heavy atom. The van der Waals surface area contributed by atoms with Crippen LogP contribution in [-0.4, -0.2) is 38.6 Å². The third-order valence-corrected chi connectivity index (χ3v) is 3.79. The number of rotatable bonds is 2. The van der Waals surface area contributed by atoms with E-state index < -0.39 is 0 Å². The molecule has 1 aliphatic heterocycles. The van der Waals surface area contributed by atoms with E-state index in [1.165, 1.54) is 38.9 Å². The molecule has 1 unspecified atom stereocenters. The standard InChI is InChI=1S/C10H20N2/c1-11-8-9-7-10(9)3-5-12(2)6-4-10/h9,11H,3-8H2,1-2H3. The van der Waals surface area contributed by atoms with E-state index in [-0.39, 0.29) is 0 Å². The molecule has 70 valence electrons. The molecule has 1 spiro atoms. The number of hydrogen-bond acceptors (Lipinski definition) is 2. The molecule has 0 aromatic heterocycles. The molecule has 2 heteroatoms. The fraction of sp³-hybridized carbons (Fsp3) is 1.00. The summed E-state index contributed by atoms with van der Waals surface area (Å²) in [7, 11) is 4.31. The van der Waals surface area contributed by atoms with Gasteiger partial charge in [0.25, 0.3) is 0 Å². The summed E-state index contributed by atoms with van der Waals surface area (Å²) in [5.41, 5.74) is 0.773. The Kier molecular flexibility index (Phi) is 2.13. The molecule has 1 saturated heterocycles. The molecule has 0 radical (unpaired) electrons. The van der Waals surface area contributed by atoms with Crippen molar-refractivity contribution in [3.63, 3.8) is 0 Å². The Balaban J connectivity index is 1.83. The van der Waals surface area contributed by atoms with Crippen LogP contribution in [0.2, 0.25) is 0 Å². The summed E-state index contributed by atoms with van der Waals surface area (Å²) in [5.74, 6) is 0.996. The highest BCUT2D eigenvalue weighted by atomic mass is 15.1. The fourth-order valence-electron chi connectivity index (χ4n) is 2.64. The van der Waals surface area contributed by atoms with Crippen molar-refractivity contribution in [2.24, 2.45) is 11.3 Å². The van der Waals surface area contributed by atoms with Crippen molar-refractivity contribution in [2.75, 3.05) is 33.7 Å². The van der Waals surface area contributed by atoms with Gasteiger partial charge in [-0.15, -0.1) is 0 Å². The highest BCUT2D eigenvalue weighted by Crippen LogP contribution is 2.58. The maximum atomic E-state index is 3.30. The number of hydrogen-bond donors (Lipinski definition) is 1. The van der Waals surface area contributed by atoms with Crippen LogP contribution in [0.15, 0.2) is 0 Å². The third kappa shape index (κ3) is 1.38. The summed E-state index contributed by atoms with van der Waals surface area (Å²) >= 11 is 0. The summed E-state index contributed by atoms with van der Waals surface area (Å²) in [6.45, 7) is 3.88. The van der Waals surface area contributed by atoms with Gasteiger partial charge in [-0.2, -0.15) is 0 Å². The summed E-state index contributed by atoms with van der Waals surface area (Å²) in [4.78, 5) is 2.46. The Morgan fingerprint density at radius 2 is 2.08 bits per heavy atom. The summed E-state index contributed by atoms with van der Waals surface area (Å²) in [6, 6.07) is 0. The van der Waals surface area contributed by atoms with E-state index in [0.717, 1.165) is 11.3 Å². The van der Waals surface area contributed by atoms with Gasteiger partial charge >= 0.3 is 0 Å². The minimum absolute atomic E-state index is 0.773. The second kappa shape index (κ2) is 3.00. The molecule has 1 heterocycles. The first kappa shape index (κ1) is 8.52. The summed E-state index contributed by atoms with van der Waals surface area (Å²) in [5, 5.41) is 3.30. The van der Waals surface area contributed by atoms with Gasteiger partial charge in [-0.05, 0) is 64.3 Å². The molecule has 2 fully saturated rings. The van der Waals surface area contributed by atoms with Crippen LogP contribution in [0.5, 0.6) is 0 Å². The number of likely N-dealkylation sites (tertiary alicyclic amines) is 1. The van der Waals surface area contributed by atoms with Crippen molar-refractivity contribution in [3.8, 4) is 0 Å². The van der Waals surface area contributed by atoms with E-state index in [9.17, 15) is 0 Å². The number of piperidine rings is 1. The van der Waals surface area contributed by atoms with Gasteiger partial charge in [-0.3, -0.25) is 0 Å². The van der Waals surface area contributed by atoms with Crippen molar-refractivity contribution in [3.05, 3.63) is 0 Å². The largest absolute Gasteiger partial charge is 0.319 e. The van der Waals surface area contributed by atoms with Crippen molar-refractivity contribution in [2.45, 2.75) is 19.3 Å². The van der Waals surface area contributed by atoms with Crippen LogP contribution >= 0.6 is 0 Å². The van der Waals surface area contributed by atoms with E-state index >= 15 is 0 Å². The van der Waals surface area contributed by atoms with E-state index in [4.69, 9.17) is 0 Å². The molecule has 2 rings (SSSR count). The molecule has 1 aliphatic carbocycles. The van der Waals surface area contributed by atoms with Gasteiger partial charge in [0, 0.05) is 0 Å². The normalized spacial score (nSPS) is 34.0. The minimum atomic E-state index is 0.773. The maximum absolute atomic E-state index is 3.30. The lowest BCUT2D eigenvalue weighted by atomic mass is 9.91. The molecule has 12 heavy (non-hydrogen) atoms. The molecule has 1 N–H and O–H groups in total. The molecular weight excluding hydrogens is 148 g/mol. The Bertz CT molecular complexity index is 159. The highest BCUT2D eigenvalue weighted by Gasteiger charge is 2.53. The predicted octanol–water partition coefficient (Wildman–Crippen LogP) is 0.938. The number of nitrogens with zero attached hydrogens (tertiary/aromatic N) is 1.